The Bertz CT molecular complexity index is 640. The van der Waals surface area contributed by atoms with Crippen molar-refractivity contribution in [1.82, 2.24) is 15.0 Å². The third-order valence-corrected chi connectivity index (χ3v) is 3.16. The van der Waals surface area contributed by atoms with E-state index in [0.717, 1.165) is 23.6 Å². The molecule has 0 saturated heterocycles. The number of para-hydroxylation sites is 1. The van der Waals surface area contributed by atoms with Crippen molar-refractivity contribution in [2.24, 2.45) is 0 Å². The van der Waals surface area contributed by atoms with Crippen molar-refractivity contribution < 1.29 is 4.74 Å². The Morgan fingerprint density at radius 1 is 1.33 bits per heavy atom. The normalized spacial score (nSPS) is 17.9. The van der Waals surface area contributed by atoms with Crippen molar-refractivity contribution >= 4 is 18.2 Å². The van der Waals surface area contributed by atoms with Crippen LogP contribution in [0.1, 0.15) is 23.7 Å². The number of nitrogens with zero attached hydrogens (tertiary/aromatic N) is 2. The molecule has 0 fully saturated rings. The van der Waals surface area contributed by atoms with E-state index in [9.17, 15) is 0 Å². The summed E-state index contributed by atoms with van der Waals surface area (Å²) in [6.45, 7) is 0.659. The Morgan fingerprint density at radius 3 is 3.00 bits per heavy atom. The summed E-state index contributed by atoms with van der Waals surface area (Å²) in [7, 11) is 0. The molecule has 2 heterocycles. The van der Waals surface area contributed by atoms with Gasteiger partial charge in [0.05, 0.1) is 6.61 Å². The number of rotatable bonds is 1. The SMILES string of the molecule is Nc1nc(=S)nc(C2CCOc3ccccc32)[nH]1. The van der Waals surface area contributed by atoms with Crippen LogP contribution in [0.15, 0.2) is 24.3 Å². The van der Waals surface area contributed by atoms with Gasteiger partial charge in [-0.05, 0) is 24.7 Å². The number of anilines is 1. The largest absolute Gasteiger partial charge is 0.493 e. The first-order valence-corrected chi connectivity index (χ1v) is 6.10. The van der Waals surface area contributed by atoms with Gasteiger partial charge >= 0.3 is 0 Å². The summed E-state index contributed by atoms with van der Waals surface area (Å²) in [5.74, 6) is 2.07. The maximum Gasteiger partial charge on any atom is 0.224 e. The average Bonchev–Trinajstić information content (AvgIpc) is 2.37. The smallest absolute Gasteiger partial charge is 0.224 e. The summed E-state index contributed by atoms with van der Waals surface area (Å²) in [6, 6.07) is 7.94. The molecule has 1 atom stereocenters. The third-order valence-electron chi connectivity index (χ3n) is 2.98. The molecule has 0 aliphatic carbocycles. The number of hydrogen-bond acceptors (Lipinski definition) is 5. The van der Waals surface area contributed by atoms with Crippen molar-refractivity contribution in [1.29, 1.82) is 0 Å². The van der Waals surface area contributed by atoms with Crippen molar-refractivity contribution in [3.8, 4) is 5.75 Å². The van der Waals surface area contributed by atoms with Crippen LogP contribution in [0.4, 0.5) is 5.95 Å². The molecule has 5 nitrogen and oxygen atoms in total. The van der Waals surface area contributed by atoms with E-state index in [4.69, 9.17) is 22.7 Å². The minimum Gasteiger partial charge on any atom is -0.493 e. The summed E-state index contributed by atoms with van der Waals surface area (Å²) in [4.78, 5) is 11.1. The first kappa shape index (κ1) is 11.2. The van der Waals surface area contributed by atoms with Crippen LogP contribution in [0.2, 0.25) is 0 Å². The Hall–Kier alpha value is -1.95. The highest BCUT2D eigenvalue weighted by molar-refractivity contribution is 7.71. The molecule has 0 saturated carbocycles. The van der Waals surface area contributed by atoms with Crippen LogP contribution >= 0.6 is 12.2 Å². The highest BCUT2D eigenvalue weighted by atomic mass is 32.1. The average molecular weight is 260 g/mol. The lowest BCUT2D eigenvalue weighted by molar-refractivity contribution is 0.274. The van der Waals surface area contributed by atoms with E-state index in [-0.39, 0.29) is 10.7 Å². The molecule has 1 unspecified atom stereocenters. The number of ether oxygens (including phenoxy) is 1. The van der Waals surface area contributed by atoms with Crippen LogP contribution in [0, 0.1) is 4.77 Å². The van der Waals surface area contributed by atoms with Gasteiger partial charge in [-0.25, -0.2) is 4.98 Å². The van der Waals surface area contributed by atoms with Gasteiger partial charge in [-0.1, -0.05) is 18.2 Å². The quantitative estimate of drug-likeness (QED) is 0.767. The number of hydrogen-bond donors (Lipinski definition) is 2. The zero-order valence-corrected chi connectivity index (χ0v) is 10.4. The maximum absolute atomic E-state index is 5.68. The molecule has 1 aliphatic heterocycles. The summed E-state index contributed by atoms with van der Waals surface area (Å²) < 4.78 is 5.89. The molecule has 3 rings (SSSR count). The predicted octanol–water partition coefficient (Wildman–Crippen LogP) is 2.03. The van der Waals surface area contributed by atoms with Gasteiger partial charge < -0.3 is 15.5 Å². The lowest BCUT2D eigenvalue weighted by Gasteiger charge is -2.25. The zero-order chi connectivity index (χ0) is 12.5. The van der Waals surface area contributed by atoms with Gasteiger partial charge in [0, 0.05) is 11.5 Å². The van der Waals surface area contributed by atoms with Gasteiger partial charge in [-0.3, -0.25) is 0 Å². The molecular formula is C12H12N4OS. The van der Waals surface area contributed by atoms with Crippen molar-refractivity contribution in [3.63, 3.8) is 0 Å². The number of benzene rings is 1. The fraction of sp³-hybridized carbons (Fsp3) is 0.250. The standard InChI is InChI=1S/C12H12N4OS/c13-11-14-10(15-12(18)16-11)8-5-6-17-9-4-2-1-3-7(8)9/h1-4,8H,5-6H2,(H3,13,14,15,16,18). The highest BCUT2D eigenvalue weighted by Crippen LogP contribution is 2.36. The molecule has 1 aliphatic rings. The fourth-order valence-corrected chi connectivity index (χ4v) is 2.41. The van der Waals surface area contributed by atoms with Crippen LogP contribution in [0.25, 0.3) is 0 Å². The van der Waals surface area contributed by atoms with Crippen LogP contribution in [0.3, 0.4) is 0 Å². The third kappa shape index (κ3) is 1.95. The number of nitrogens with one attached hydrogen (secondary N) is 1. The van der Waals surface area contributed by atoms with Gasteiger partial charge in [0.15, 0.2) is 0 Å². The Morgan fingerprint density at radius 2 is 2.17 bits per heavy atom. The number of nitrogens with two attached hydrogens (primary N) is 1. The second-order valence-corrected chi connectivity index (χ2v) is 4.49. The molecule has 92 valence electrons. The zero-order valence-electron chi connectivity index (χ0n) is 9.59. The van der Waals surface area contributed by atoms with Crippen molar-refractivity contribution in [3.05, 3.63) is 40.4 Å². The molecule has 1 aromatic carbocycles. The minimum atomic E-state index is 0.127. The highest BCUT2D eigenvalue weighted by Gasteiger charge is 2.24. The van der Waals surface area contributed by atoms with Crippen molar-refractivity contribution in [2.45, 2.75) is 12.3 Å². The molecule has 6 heteroatoms. The van der Waals surface area contributed by atoms with E-state index >= 15 is 0 Å². The molecule has 0 spiro atoms. The first-order chi connectivity index (χ1) is 8.74. The van der Waals surface area contributed by atoms with E-state index in [1.165, 1.54) is 0 Å². The fourth-order valence-electron chi connectivity index (χ4n) is 2.21. The van der Waals surface area contributed by atoms with E-state index in [2.05, 4.69) is 15.0 Å². The Labute approximate surface area is 109 Å². The van der Waals surface area contributed by atoms with Crippen LogP contribution in [0.5, 0.6) is 5.75 Å². The lowest BCUT2D eigenvalue weighted by atomic mass is 9.92. The second-order valence-electron chi connectivity index (χ2n) is 4.13. The lowest BCUT2D eigenvalue weighted by Crippen LogP contribution is -2.18. The molecule has 3 N–H and O–H groups in total. The number of H-pyrrole nitrogens is 1. The molecule has 0 amide bonds. The summed E-state index contributed by atoms with van der Waals surface area (Å²) in [5, 5.41) is 0. The molecule has 0 radical (unpaired) electrons. The van der Waals surface area contributed by atoms with E-state index in [0.29, 0.717) is 12.6 Å². The first-order valence-electron chi connectivity index (χ1n) is 5.69. The molecule has 0 bridgehead atoms. The van der Waals surface area contributed by atoms with Gasteiger partial charge in [0.1, 0.15) is 11.6 Å². The molecular weight excluding hydrogens is 248 g/mol. The summed E-state index contributed by atoms with van der Waals surface area (Å²) in [5.41, 5.74) is 6.79. The number of fused-ring (bicyclic) bond motifs is 1. The van der Waals surface area contributed by atoms with Gasteiger partial charge in [-0.2, -0.15) is 4.98 Å². The van der Waals surface area contributed by atoms with Gasteiger partial charge in [0.25, 0.3) is 0 Å². The predicted molar refractivity (Wildman–Crippen MR) is 70.0 cm³/mol. The second kappa shape index (κ2) is 4.38. The van der Waals surface area contributed by atoms with Crippen molar-refractivity contribution in [2.75, 3.05) is 12.3 Å². The Balaban J connectivity index is 2.11. The number of aromatic amines is 1. The minimum absolute atomic E-state index is 0.127. The van der Waals surface area contributed by atoms with Crippen LogP contribution in [-0.4, -0.2) is 21.6 Å². The monoisotopic (exact) mass is 260 g/mol. The van der Waals surface area contributed by atoms with E-state index < -0.39 is 0 Å². The topological polar surface area (TPSA) is 76.8 Å². The van der Waals surface area contributed by atoms with Crippen LogP contribution < -0.4 is 10.5 Å². The maximum atomic E-state index is 5.68. The number of nitrogen functional groups attached to an aromatic ring is 1. The summed E-state index contributed by atoms with van der Waals surface area (Å²) in [6.07, 6.45) is 0.846. The van der Waals surface area contributed by atoms with Gasteiger partial charge in [-0.15, -0.1) is 0 Å². The summed E-state index contributed by atoms with van der Waals surface area (Å²) >= 11 is 5.00. The van der Waals surface area contributed by atoms with E-state index in [1.54, 1.807) is 0 Å². The van der Waals surface area contributed by atoms with Crippen LogP contribution in [-0.2, 0) is 0 Å². The molecule has 2 aromatic rings. The molecule has 1 aromatic heterocycles. The van der Waals surface area contributed by atoms with Gasteiger partial charge in [0.2, 0.25) is 10.7 Å². The number of aromatic nitrogens is 3. The van der Waals surface area contributed by atoms with E-state index in [1.807, 2.05) is 24.3 Å². The Kier molecular flexibility index (Phi) is 2.71. The molecule has 18 heavy (non-hydrogen) atoms.